The summed E-state index contributed by atoms with van der Waals surface area (Å²) in [5.74, 6) is 0.683. The predicted octanol–water partition coefficient (Wildman–Crippen LogP) is 3.22. The summed E-state index contributed by atoms with van der Waals surface area (Å²) in [4.78, 5) is 38.0. The zero-order valence-electron chi connectivity index (χ0n) is 22.2. The van der Waals surface area contributed by atoms with E-state index in [2.05, 4.69) is 20.2 Å². The summed E-state index contributed by atoms with van der Waals surface area (Å²) in [5, 5.41) is 3.39. The lowest BCUT2D eigenvalue weighted by Gasteiger charge is -2.36. The van der Waals surface area contributed by atoms with E-state index in [0.29, 0.717) is 48.6 Å². The summed E-state index contributed by atoms with van der Waals surface area (Å²) in [6, 6.07) is 10.7. The number of carbonyl (C=O) groups excluding carboxylic acids is 1. The number of rotatable bonds is 7. The Hall–Kier alpha value is -4.48. The van der Waals surface area contributed by atoms with Crippen molar-refractivity contribution in [3.05, 3.63) is 70.3 Å². The van der Waals surface area contributed by atoms with Crippen LogP contribution in [-0.2, 0) is 20.0 Å². The number of fused-ring (bicyclic) bond motifs is 2. The fourth-order valence-corrected chi connectivity index (χ4v) is 5.51. The molecule has 0 unspecified atom stereocenters. The van der Waals surface area contributed by atoms with Crippen molar-refractivity contribution in [1.82, 2.24) is 29.5 Å². The standard InChI is InChI=1S/C28H29F2N7O3/c1-3-17-4-7-24(40-26(29)30)19(10-17)15-37-23-11-18(5-6-22(23)25(38)34(37)2)20-12-31-27(32-13-20)35-8-9-36-21(16-35)14-33-28(36)39/h4-7,10-13,21,26H,3,8-9,14-16H2,1-2H3,(H,33,39)/t21-/m1/s1. The minimum atomic E-state index is -2.95. The van der Waals surface area contributed by atoms with Gasteiger partial charge >= 0.3 is 12.6 Å². The first-order valence-electron chi connectivity index (χ1n) is 13.2. The van der Waals surface area contributed by atoms with Crippen molar-refractivity contribution < 1.29 is 18.3 Å². The number of anilines is 1. The third-order valence-electron chi connectivity index (χ3n) is 7.72. The quantitative estimate of drug-likeness (QED) is 0.380. The summed E-state index contributed by atoms with van der Waals surface area (Å²) in [5.41, 5.74) is 3.61. The number of benzene rings is 2. The number of nitrogens with one attached hydrogen (secondary N) is 1. The van der Waals surface area contributed by atoms with Gasteiger partial charge in [-0.2, -0.15) is 8.78 Å². The Morgan fingerprint density at radius 3 is 2.62 bits per heavy atom. The molecule has 12 heteroatoms. The smallest absolute Gasteiger partial charge is 0.387 e. The molecule has 2 aliphatic rings. The molecule has 4 heterocycles. The van der Waals surface area contributed by atoms with Crippen LogP contribution in [0.5, 0.6) is 5.75 Å². The molecule has 0 aliphatic carbocycles. The molecule has 1 atom stereocenters. The zero-order valence-corrected chi connectivity index (χ0v) is 22.2. The maximum atomic E-state index is 13.1. The Labute approximate surface area is 228 Å². The lowest BCUT2D eigenvalue weighted by Crippen LogP contribution is -2.52. The molecule has 2 amide bonds. The molecule has 0 spiro atoms. The van der Waals surface area contributed by atoms with E-state index in [1.807, 2.05) is 30.0 Å². The van der Waals surface area contributed by atoms with E-state index >= 15 is 0 Å². The third kappa shape index (κ3) is 4.63. The minimum Gasteiger partial charge on any atom is -0.434 e. The van der Waals surface area contributed by atoms with Gasteiger partial charge in [-0.25, -0.2) is 14.8 Å². The van der Waals surface area contributed by atoms with Crippen molar-refractivity contribution in [2.45, 2.75) is 32.5 Å². The number of halogens is 2. The van der Waals surface area contributed by atoms with E-state index in [-0.39, 0.29) is 29.9 Å². The monoisotopic (exact) mass is 549 g/mol. The van der Waals surface area contributed by atoms with Gasteiger partial charge in [0.1, 0.15) is 5.75 Å². The molecule has 0 bridgehead atoms. The number of alkyl halides is 2. The fourth-order valence-electron chi connectivity index (χ4n) is 5.51. The van der Waals surface area contributed by atoms with Gasteiger partial charge in [0, 0.05) is 56.7 Å². The van der Waals surface area contributed by atoms with Gasteiger partial charge in [-0.1, -0.05) is 25.1 Å². The van der Waals surface area contributed by atoms with Gasteiger partial charge in [0.2, 0.25) is 5.95 Å². The molecule has 2 fully saturated rings. The van der Waals surface area contributed by atoms with Gasteiger partial charge in [0.25, 0.3) is 5.56 Å². The van der Waals surface area contributed by atoms with Crippen molar-refractivity contribution >= 4 is 22.9 Å². The molecule has 0 radical (unpaired) electrons. The lowest BCUT2D eigenvalue weighted by atomic mass is 10.1. The number of hydrogen-bond acceptors (Lipinski definition) is 6. The number of aryl methyl sites for hydroxylation is 1. The van der Waals surface area contributed by atoms with Crippen LogP contribution in [0.3, 0.4) is 0 Å². The van der Waals surface area contributed by atoms with E-state index in [9.17, 15) is 18.4 Å². The van der Waals surface area contributed by atoms with Crippen LogP contribution in [-0.4, -0.2) is 69.1 Å². The van der Waals surface area contributed by atoms with Gasteiger partial charge in [0.05, 0.1) is 23.5 Å². The molecule has 10 nitrogen and oxygen atoms in total. The Bertz CT molecular complexity index is 1630. The van der Waals surface area contributed by atoms with E-state index in [4.69, 9.17) is 4.74 Å². The number of hydrogen-bond donors (Lipinski definition) is 1. The molecule has 4 aromatic rings. The Kier molecular flexibility index (Phi) is 6.60. The van der Waals surface area contributed by atoms with Gasteiger partial charge in [0.15, 0.2) is 0 Å². The molecule has 1 N–H and O–H groups in total. The van der Waals surface area contributed by atoms with Gasteiger partial charge in [-0.3, -0.25) is 14.2 Å². The first-order chi connectivity index (χ1) is 19.3. The summed E-state index contributed by atoms with van der Waals surface area (Å²) in [7, 11) is 1.66. The van der Waals surface area contributed by atoms with Crippen LogP contribution < -0.4 is 20.5 Å². The van der Waals surface area contributed by atoms with Gasteiger partial charge in [-0.05, 0) is 35.7 Å². The van der Waals surface area contributed by atoms with E-state index < -0.39 is 6.61 Å². The van der Waals surface area contributed by atoms with Crippen molar-refractivity contribution in [2.75, 3.05) is 31.1 Å². The highest BCUT2D eigenvalue weighted by atomic mass is 19.3. The van der Waals surface area contributed by atoms with Gasteiger partial charge < -0.3 is 19.9 Å². The Morgan fingerprint density at radius 1 is 1.07 bits per heavy atom. The maximum absolute atomic E-state index is 13.1. The van der Waals surface area contributed by atoms with E-state index in [1.165, 1.54) is 4.68 Å². The molecule has 2 aliphatic heterocycles. The zero-order chi connectivity index (χ0) is 28.0. The summed E-state index contributed by atoms with van der Waals surface area (Å²) >= 11 is 0. The second kappa shape index (κ2) is 10.2. The van der Waals surface area contributed by atoms with Crippen LogP contribution in [0.4, 0.5) is 19.5 Å². The highest BCUT2D eigenvalue weighted by Gasteiger charge is 2.36. The molecular formula is C28H29F2N7O3. The molecule has 40 heavy (non-hydrogen) atoms. The number of amides is 2. The predicted molar refractivity (Wildman–Crippen MR) is 146 cm³/mol. The fraction of sp³-hybridized carbons (Fsp3) is 0.357. The normalized spacial score (nSPS) is 17.0. The summed E-state index contributed by atoms with van der Waals surface area (Å²) in [6.07, 6.45) is 4.23. The minimum absolute atomic E-state index is 0.0217. The molecule has 208 valence electrons. The SMILES string of the molecule is CCc1ccc(OC(F)F)c(Cn2c3cc(-c4cnc(N5CCN6C(=O)NC[C@@H]6C5)nc4)ccc3c(=O)n2C)c1. The van der Waals surface area contributed by atoms with Gasteiger partial charge in [-0.15, -0.1) is 0 Å². The van der Waals surface area contributed by atoms with Crippen LogP contribution in [0.15, 0.2) is 53.6 Å². The first kappa shape index (κ1) is 25.8. The largest absolute Gasteiger partial charge is 0.434 e. The Morgan fingerprint density at radius 2 is 1.88 bits per heavy atom. The molecule has 2 aromatic carbocycles. The van der Waals surface area contributed by atoms with Crippen LogP contribution in [0, 0.1) is 0 Å². The number of nitrogens with zero attached hydrogens (tertiary/aromatic N) is 6. The van der Waals surface area contributed by atoms with Crippen molar-refractivity contribution in [3.63, 3.8) is 0 Å². The van der Waals surface area contributed by atoms with Crippen molar-refractivity contribution in [1.29, 1.82) is 0 Å². The number of urea groups is 1. The van der Waals surface area contributed by atoms with Crippen molar-refractivity contribution in [2.24, 2.45) is 7.05 Å². The molecule has 2 saturated heterocycles. The maximum Gasteiger partial charge on any atom is 0.387 e. The van der Waals surface area contributed by atoms with Crippen LogP contribution >= 0.6 is 0 Å². The van der Waals surface area contributed by atoms with Crippen LogP contribution in [0.1, 0.15) is 18.1 Å². The highest BCUT2D eigenvalue weighted by Crippen LogP contribution is 2.28. The summed E-state index contributed by atoms with van der Waals surface area (Å²) in [6.45, 7) is 1.76. The van der Waals surface area contributed by atoms with Crippen molar-refractivity contribution in [3.8, 4) is 16.9 Å². The average Bonchev–Trinajstić information content (AvgIpc) is 3.45. The average molecular weight is 550 g/mol. The topological polar surface area (TPSA) is 97.5 Å². The van der Waals surface area contributed by atoms with E-state index in [1.54, 1.807) is 42.3 Å². The lowest BCUT2D eigenvalue weighted by molar-refractivity contribution is -0.0505. The first-order valence-corrected chi connectivity index (χ1v) is 13.2. The highest BCUT2D eigenvalue weighted by molar-refractivity contribution is 5.84. The van der Waals surface area contributed by atoms with Crippen LogP contribution in [0.2, 0.25) is 0 Å². The second-order valence-corrected chi connectivity index (χ2v) is 10.0. The third-order valence-corrected chi connectivity index (χ3v) is 7.72. The number of aromatic nitrogens is 4. The Balaban J connectivity index is 1.30. The van der Waals surface area contributed by atoms with E-state index in [0.717, 1.165) is 23.1 Å². The molecule has 0 saturated carbocycles. The molecular weight excluding hydrogens is 520 g/mol. The molecule has 6 rings (SSSR count). The summed E-state index contributed by atoms with van der Waals surface area (Å²) < 4.78 is 34.2. The number of piperazine rings is 1. The number of carbonyl (C=O) groups is 1. The number of ether oxygens (including phenoxy) is 1. The van der Waals surface area contributed by atoms with Crippen LogP contribution in [0.25, 0.3) is 22.0 Å². The second-order valence-electron chi connectivity index (χ2n) is 10.0. The molecule has 2 aromatic heterocycles.